The van der Waals surface area contributed by atoms with Crippen LogP contribution in [0.1, 0.15) is 0 Å². The van der Waals surface area contributed by atoms with E-state index in [9.17, 15) is 26.3 Å². The van der Waals surface area contributed by atoms with Crippen molar-refractivity contribution < 1.29 is 26.3 Å². The standard InChI is InChI=1S/C8HB9F6/c9-1-2(10,11)5(14,15)4(7(18,19)20,8(21,22)23)6(16,17)3(1,12)13/h1H. The van der Waals surface area contributed by atoms with Gasteiger partial charge >= 0.3 is 12.4 Å². The molecule has 0 spiro atoms. The Bertz CT molecular complexity index is 449. The fourth-order valence-electron chi connectivity index (χ4n) is 3.00. The molecule has 0 heterocycles. The molecule has 23 heavy (non-hydrogen) atoms. The average molecular weight is 308 g/mol. The van der Waals surface area contributed by atoms with Crippen LogP contribution in [0.5, 0.6) is 0 Å². The van der Waals surface area contributed by atoms with Gasteiger partial charge in [0, 0.05) is 0 Å². The maximum absolute atomic E-state index is 13.6. The van der Waals surface area contributed by atoms with Crippen LogP contribution in [0, 0.1) is 5.41 Å². The predicted molar refractivity (Wildman–Crippen MR) is 80.9 cm³/mol. The highest BCUT2D eigenvalue weighted by Crippen LogP contribution is 2.86. The Kier molecular flexibility index (Phi) is 4.49. The molecule has 1 aliphatic rings. The van der Waals surface area contributed by atoms with Gasteiger partial charge in [-0.15, -0.1) is 10.4 Å². The molecular weight excluding hydrogens is 307 g/mol. The molecular formula is C8HB9F6. The summed E-state index contributed by atoms with van der Waals surface area (Å²) < 4.78 is 81.6. The quantitative estimate of drug-likeness (QED) is 0.432. The molecule has 0 unspecified atom stereocenters. The SMILES string of the molecule is [B]C1C([B])([B])C([B])([B])C(C(F)(F)F)(C(F)(F)F)C([B])([B])C1([B])[B]. The lowest BCUT2D eigenvalue weighted by atomic mass is 9.03. The van der Waals surface area contributed by atoms with Crippen LogP contribution in [-0.4, -0.2) is 83.0 Å². The zero-order valence-corrected chi connectivity index (χ0v) is 11.5. The number of halogens is 6. The second kappa shape index (κ2) is 4.87. The van der Waals surface area contributed by atoms with Gasteiger partial charge in [0.25, 0.3) is 0 Å². The lowest BCUT2D eigenvalue weighted by molar-refractivity contribution is -0.360. The highest BCUT2D eigenvalue weighted by atomic mass is 19.4. The molecule has 1 aliphatic carbocycles. The summed E-state index contributed by atoms with van der Waals surface area (Å²) in [7, 11) is 47.1. The van der Waals surface area contributed by atoms with E-state index in [2.05, 4.69) is 0 Å². The summed E-state index contributed by atoms with van der Waals surface area (Å²) in [5.74, 6) is -2.22. The molecule has 0 aromatic heterocycles. The molecule has 0 nitrogen and oxygen atoms in total. The van der Waals surface area contributed by atoms with Crippen LogP contribution in [0.3, 0.4) is 0 Å². The lowest BCUT2D eigenvalue weighted by Gasteiger charge is -2.76. The van der Waals surface area contributed by atoms with Gasteiger partial charge in [0.1, 0.15) is 5.41 Å². The monoisotopic (exact) mass is 310 g/mol. The van der Waals surface area contributed by atoms with Crippen LogP contribution < -0.4 is 0 Å². The van der Waals surface area contributed by atoms with Crippen molar-refractivity contribution >= 4 is 70.6 Å². The number of rotatable bonds is 0. The van der Waals surface area contributed by atoms with Crippen LogP contribution in [-0.2, 0) is 0 Å². The number of hydrogen-bond acceptors (Lipinski definition) is 0. The fourth-order valence-corrected chi connectivity index (χ4v) is 3.00. The van der Waals surface area contributed by atoms with E-state index in [0.29, 0.717) is 0 Å². The zero-order chi connectivity index (χ0) is 19.1. The Labute approximate surface area is 142 Å². The topological polar surface area (TPSA) is 0 Å². The molecule has 1 rings (SSSR count). The van der Waals surface area contributed by atoms with Crippen LogP contribution >= 0.6 is 0 Å². The first kappa shape index (κ1) is 21.2. The molecule has 15 heteroatoms. The van der Waals surface area contributed by atoms with Gasteiger partial charge in [-0.3, -0.25) is 0 Å². The third kappa shape index (κ3) is 2.06. The van der Waals surface area contributed by atoms with Crippen molar-refractivity contribution in [3.63, 3.8) is 0 Å². The summed E-state index contributed by atoms with van der Waals surface area (Å²) in [5.41, 5.74) is -5.27. The second-order valence-corrected chi connectivity index (χ2v) is 5.83. The Morgan fingerprint density at radius 2 is 0.783 bits per heavy atom. The van der Waals surface area contributed by atoms with Gasteiger partial charge in [0.2, 0.25) is 0 Å². The van der Waals surface area contributed by atoms with E-state index in [1.54, 1.807) is 0 Å². The van der Waals surface area contributed by atoms with Crippen LogP contribution in [0.2, 0.25) is 26.7 Å². The van der Waals surface area contributed by atoms with Crippen molar-refractivity contribution in [1.29, 1.82) is 0 Å². The summed E-state index contributed by atoms with van der Waals surface area (Å²) in [5, 5.41) is -14.5. The molecule has 0 amide bonds. The Balaban J connectivity index is 4.12. The van der Waals surface area contributed by atoms with Crippen molar-refractivity contribution in [2.75, 3.05) is 0 Å². The highest BCUT2D eigenvalue weighted by Gasteiger charge is 2.85. The van der Waals surface area contributed by atoms with Crippen molar-refractivity contribution in [2.24, 2.45) is 5.41 Å². The summed E-state index contributed by atoms with van der Waals surface area (Å²) in [6.45, 7) is 0. The molecule has 0 aromatic carbocycles. The van der Waals surface area contributed by atoms with Crippen LogP contribution in [0.15, 0.2) is 0 Å². The van der Waals surface area contributed by atoms with Gasteiger partial charge in [-0.25, -0.2) is 0 Å². The normalized spacial score (nSPS) is 29.0. The van der Waals surface area contributed by atoms with Crippen molar-refractivity contribution in [2.45, 2.75) is 39.0 Å². The van der Waals surface area contributed by atoms with E-state index in [1.807, 2.05) is 0 Å². The molecule has 0 aromatic rings. The largest absolute Gasteiger partial charge is 0.401 e. The Morgan fingerprint density at radius 3 is 0.957 bits per heavy atom. The maximum Gasteiger partial charge on any atom is 0.401 e. The smallest absolute Gasteiger partial charge is 0.170 e. The first-order valence-electron chi connectivity index (χ1n) is 5.85. The first-order valence-corrected chi connectivity index (χ1v) is 5.85. The molecule has 0 atom stereocenters. The van der Waals surface area contributed by atoms with Gasteiger partial charge in [-0.1, -0.05) is 16.2 Å². The fraction of sp³-hybridized carbons (Fsp3) is 1.00. The van der Waals surface area contributed by atoms with Gasteiger partial charge < -0.3 is 0 Å². The van der Waals surface area contributed by atoms with Crippen molar-refractivity contribution in [1.82, 2.24) is 0 Å². The Morgan fingerprint density at radius 1 is 0.565 bits per heavy atom. The van der Waals surface area contributed by atoms with Gasteiger partial charge in [-0.2, -0.15) is 26.3 Å². The second-order valence-electron chi connectivity index (χ2n) is 5.83. The van der Waals surface area contributed by atoms with E-state index in [0.717, 1.165) is 0 Å². The molecule has 0 saturated heterocycles. The molecule has 0 aliphatic heterocycles. The first-order chi connectivity index (χ1) is 9.65. The summed E-state index contributed by atoms with van der Waals surface area (Å²) in [6, 6.07) is 0. The van der Waals surface area contributed by atoms with Gasteiger partial charge in [0.15, 0.2) is 0 Å². The molecule has 1 saturated carbocycles. The molecule has 0 N–H and O–H groups in total. The Hall–Kier alpha value is 0.164. The molecule has 102 valence electrons. The predicted octanol–water partition coefficient (Wildman–Crippen LogP) is -0.119. The number of alkyl halides is 6. The van der Waals surface area contributed by atoms with E-state index < -0.39 is 44.4 Å². The summed E-state index contributed by atoms with van der Waals surface area (Å²) >= 11 is 0. The van der Waals surface area contributed by atoms with Crippen molar-refractivity contribution in [3.8, 4) is 0 Å². The van der Waals surface area contributed by atoms with E-state index in [-0.39, 0.29) is 0 Å². The molecule has 1 fully saturated rings. The molecule has 18 radical (unpaired) electrons. The number of hydrogen-bond donors (Lipinski definition) is 0. The van der Waals surface area contributed by atoms with Crippen LogP contribution in [0.4, 0.5) is 26.3 Å². The highest BCUT2D eigenvalue weighted by molar-refractivity contribution is 6.64. The maximum atomic E-state index is 13.6. The van der Waals surface area contributed by atoms with Gasteiger partial charge in [0.05, 0.1) is 70.6 Å². The molecule has 0 bridgehead atoms. The lowest BCUT2D eigenvalue weighted by Crippen LogP contribution is -2.74. The average Bonchev–Trinajstić information content (AvgIpc) is 2.21. The van der Waals surface area contributed by atoms with Crippen molar-refractivity contribution in [3.05, 3.63) is 0 Å². The minimum Gasteiger partial charge on any atom is -0.170 e. The van der Waals surface area contributed by atoms with E-state index in [1.165, 1.54) is 0 Å². The minimum atomic E-state index is -6.29. The minimum absolute atomic E-state index is 2.22. The third-order valence-electron chi connectivity index (χ3n) is 4.55. The third-order valence-corrected chi connectivity index (χ3v) is 4.55. The van der Waals surface area contributed by atoms with E-state index >= 15 is 0 Å². The van der Waals surface area contributed by atoms with Gasteiger partial charge in [-0.05, 0) is 0 Å². The summed E-state index contributed by atoms with van der Waals surface area (Å²) in [6.07, 6.45) is -12.6. The zero-order valence-electron chi connectivity index (χ0n) is 11.5. The van der Waals surface area contributed by atoms with E-state index in [4.69, 9.17) is 70.6 Å². The summed E-state index contributed by atoms with van der Waals surface area (Å²) in [4.78, 5) is 0. The van der Waals surface area contributed by atoms with Crippen LogP contribution in [0.25, 0.3) is 0 Å².